The Kier molecular flexibility index (Phi) is 6.23. The maximum atomic E-state index is 12.1. The number of thioether (sulfide) groups is 1. The fraction of sp³-hybridized carbons (Fsp3) is 0.222. The number of hydrogen-bond donors (Lipinski definition) is 1. The van der Waals surface area contributed by atoms with Crippen molar-refractivity contribution >= 4 is 23.9 Å². The predicted octanol–water partition coefficient (Wildman–Crippen LogP) is 3.63. The van der Waals surface area contributed by atoms with Crippen LogP contribution in [0.25, 0.3) is 0 Å². The van der Waals surface area contributed by atoms with Crippen LogP contribution in [0.15, 0.2) is 58.5 Å². The van der Waals surface area contributed by atoms with E-state index in [1.54, 1.807) is 13.3 Å². The molecule has 0 saturated heterocycles. The fourth-order valence-electron chi connectivity index (χ4n) is 1.86. The van der Waals surface area contributed by atoms with Crippen LogP contribution in [0.2, 0.25) is 0 Å². The summed E-state index contributed by atoms with van der Waals surface area (Å²) in [5.74, 6) is 0.623. The van der Waals surface area contributed by atoms with Crippen molar-refractivity contribution in [3.63, 3.8) is 0 Å². The molecule has 0 aliphatic heterocycles. The number of benzene rings is 2. The van der Waals surface area contributed by atoms with E-state index in [4.69, 9.17) is 4.74 Å². The minimum absolute atomic E-state index is 0.130. The van der Waals surface area contributed by atoms with Gasteiger partial charge in [0.1, 0.15) is 5.75 Å². The average Bonchev–Trinajstić information content (AvgIpc) is 2.57. The summed E-state index contributed by atoms with van der Waals surface area (Å²) in [6, 6.07) is 15.6. The summed E-state index contributed by atoms with van der Waals surface area (Å²) in [5.41, 5.74) is 4.64. The summed E-state index contributed by atoms with van der Waals surface area (Å²) in [5, 5.41) is 3.78. The quantitative estimate of drug-likeness (QED) is 0.500. The number of carbonyl (C=O) groups excluding carboxylic acids is 1. The van der Waals surface area contributed by atoms with E-state index in [0.717, 1.165) is 16.2 Å². The van der Waals surface area contributed by atoms with Crippen LogP contribution in [0.1, 0.15) is 18.1 Å². The first-order valence-corrected chi connectivity index (χ1v) is 8.17. The highest BCUT2D eigenvalue weighted by Gasteiger charge is 2.13. The van der Waals surface area contributed by atoms with Gasteiger partial charge in [-0.1, -0.05) is 29.8 Å². The number of nitrogens with one attached hydrogen (secondary N) is 1. The molecule has 2 rings (SSSR count). The van der Waals surface area contributed by atoms with Crippen LogP contribution >= 0.6 is 11.8 Å². The summed E-state index contributed by atoms with van der Waals surface area (Å²) in [4.78, 5) is 13.1. The van der Waals surface area contributed by atoms with Crippen LogP contribution in [0, 0.1) is 6.92 Å². The van der Waals surface area contributed by atoms with E-state index < -0.39 is 0 Å². The standard InChI is InChI=1S/C18H20N2O2S/c1-13-7-9-17(10-8-13)23-14(2)18(21)20-19-12-15-5-4-6-16(11-15)22-3/h4-12,14H,1-3H3,(H,20,21)/b19-12-/t14-/m1/s1. The third kappa shape index (κ3) is 5.45. The van der Waals surface area contributed by atoms with Crippen molar-refractivity contribution < 1.29 is 9.53 Å². The molecule has 0 fully saturated rings. The lowest BCUT2D eigenvalue weighted by atomic mass is 10.2. The van der Waals surface area contributed by atoms with Gasteiger partial charge in [0.25, 0.3) is 5.91 Å². The molecule has 0 aromatic heterocycles. The lowest BCUT2D eigenvalue weighted by molar-refractivity contribution is -0.120. The first-order valence-electron chi connectivity index (χ1n) is 7.29. The average molecular weight is 328 g/mol. The maximum absolute atomic E-state index is 12.1. The summed E-state index contributed by atoms with van der Waals surface area (Å²) < 4.78 is 5.14. The van der Waals surface area contributed by atoms with E-state index in [1.165, 1.54) is 17.3 Å². The van der Waals surface area contributed by atoms with Crippen molar-refractivity contribution in [2.45, 2.75) is 24.0 Å². The van der Waals surface area contributed by atoms with Gasteiger partial charge in [-0.05, 0) is 43.7 Å². The predicted molar refractivity (Wildman–Crippen MR) is 95.2 cm³/mol. The van der Waals surface area contributed by atoms with Gasteiger partial charge in [-0.3, -0.25) is 4.79 Å². The molecule has 2 aromatic carbocycles. The van der Waals surface area contributed by atoms with Crippen LogP contribution in [0.5, 0.6) is 5.75 Å². The number of hydrazone groups is 1. The van der Waals surface area contributed by atoms with Crippen LogP contribution in [-0.4, -0.2) is 24.5 Å². The van der Waals surface area contributed by atoms with E-state index in [0.29, 0.717) is 0 Å². The van der Waals surface area contributed by atoms with Gasteiger partial charge in [0, 0.05) is 4.90 Å². The molecule has 23 heavy (non-hydrogen) atoms. The summed E-state index contributed by atoms with van der Waals surface area (Å²) in [6.45, 7) is 3.90. The zero-order valence-corrected chi connectivity index (χ0v) is 14.3. The largest absolute Gasteiger partial charge is 0.497 e. The second kappa shape index (κ2) is 8.39. The number of methoxy groups -OCH3 is 1. The minimum atomic E-state index is -0.222. The monoisotopic (exact) mass is 328 g/mol. The molecular weight excluding hydrogens is 308 g/mol. The van der Waals surface area contributed by atoms with Gasteiger partial charge in [-0.15, -0.1) is 11.8 Å². The van der Waals surface area contributed by atoms with E-state index in [1.807, 2.05) is 62.4 Å². The topological polar surface area (TPSA) is 50.7 Å². The molecule has 0 spiro atoms. The number of carbonyl (C=O) groups is 1. The molecule has 0 heterocycles. The Morgan fingerprint density at radius 2 is 2.00 bits per heavy atom. The lowest BCUT2D eigenvalue weighted by Gasteiger charge is -2.09. The highest BCUT2D eigenvalue weighted by Crippen LogP contribution is 2.23. The normalized spacial score (nSPS) is 12.1. The molecule has 0 aliphatic rings. The first kappa shape index (κ1) is 17.1. The van der Waals surface area contributed by atoms with E-state index in [-0.39, 0.29) is 11.2 Å². The number of rotatable bonds is 6. The Hall–Kier alpha value is -2.27. The molecule has 1 atom stereocenters. The summed E-state index contributed by atoms with van der Waals surface area (Å²) in [6.07, 6.45) is 1.60. The highest BCUT2D eigenvalue weighted by molar-refractivity contribution is 8.00. The fourth-order valence-corrected chi connectivity index (χ4v) is 2.72. The van der Waals surface area contributed by atoms with Crippen molar-refractivity contribution in [3.8, 4) is 5.75 Å². The van der Waals surface area contributed by atoms with E-state index in [2.05, 4.69) is 10.5 Å². The summed E-state index contributed by atoms with van der Waals surface area (Å²) >= 11 is 1.51. The van der Waals surface area contributed by atoms with Gasteiger partial charge in [0.2, 0.25) is 0 Å². The van der Waals surface area contributed by atoms with Gasteiger partial charge in [-0.25, -0.2) is 5.43 Å². The lowest BCUT2D eigenvalue weighted by Crippen LogP contribution is -2.26. The molecule has 1 N–H and O–H groups in total. The second-order valence-electron chi connectivity index (χ2n) is 5.08. The number of amides is 1. The molecule has 120 valence electrons. The van der Waals surface area contributed by atoms with E-state index in [9.17, 15) is 4.79 Å². The zero-order valence-electron chi connectivity index (χ0n) is 13.4. The van der Waals surface area contributed by atoms with Crippen LogP contribution in [0.3, 0.4) is 0 Å². The van der Waals surface area contributed by atoms with Crippen LogP contribution in [-0.2, 0) is 4.79 Å². The third-order valence-corrected chi connectivity index (χ3v) is 4.30. The van der Waals surface area contributed by atoms with Crippen molar-refractivity contribution in [2.24, 2.45) is 5.10 Å². The SMILES string of the molecule is COc1cccc(/C=N\NC(=O)[C@@H](C)Sc2ccc(C)cc2)c1. The number of hydrogen-bond acceptors (Lipinski definition) is 4. The zero-order chi connectivity index (χ0) is 16.7. The number of ether oxygens (including phenoxy) is 1. The van der Waals surface area contributed by atoms with Crippen molar-refractivity contribution in [2.75, 3.05) is 7.11 Å². The Bertz CT molecular complexity index is 684. The molecule has 4 nitrogen and oxygen atoms in total. The Labute approximate surface area is 140 Å². The van der Waals surface area contributed by atoms with Gasteiger partial charge in [0.15, 0.2) is 0 Å². The van der Waals surface area contributed by atoms with E-state index >= 15 is 0 Å². The maximum Gasteiger partial charge on any atom is 0.253 e. The van der Waals surface area contributed by atoms with Crippen molar-refractivity contribution in [1.29, 1.82) is 0 Å². The van der Waals surface area contributed by atoms with Gasteiger partial charge < -0.3 is 4.74 Å². The molecule has 1 amide bonds. The smallest absolute Gasteiger partial charge is 0.253 e. The molecule has 0 unspecified atom stereocenters. The third-order valence-electron chi connectivity index (χ3n) is 3.19. The van der Waals surface area contributed by atoms with Crippen LogP contribution in [0.4, 0.5) is 0 Å². The van der Waals surface area contributed by atoms with Gasteiger partial charge >= 0.3 is 0 Å². The number of aryl methyl sites for hydroxylation is 1. The highest BCUT2D eigenvalue weighted by atomic mass is 32.2. The molecule has 0 radical (unpaired) electrons. The molecule has 0 saturated carbocycles. The van der Waals surface area contributed by atoms with Gasteiger partial charge in [-0.2, -0.15) is 5.10 Å². The number of nitrogens with zero attached hydrogens (tertiary/aromatic N) is 1. The molecule has 0 aliphatic carbocycles. The minimum Gasteiger partial charge on any atom is -0.497 e. The van der Waals surface area contributed by atoms with Crippen molar-refractivity contribution in [1.82, 2.24) is 5.43 Å². The summed E-state index contributed by atoms with van der Waals surface area (Å²) in [7, 11) is 1.61. The molecule has 2 aromatic rings. The van der Waals surface area contributed by atoms with Gasteiger partial charge in [0.05, 0.1) is 18.6 Å². The first-order chi connectivity index (χ1) is 11.1. The molecular formula is C18H20N2O2S. The Balaban J connectivity index is 1.88. The Morgan fingerprint density at radius 3 is 2.70 bits per heavy atom. The molecule has 0 bridgehead atoms. The molecule has 5 heteroatoms. The Morgan fingerprint density at radius 1 is 1.26 bits per heavy atom. The van der Waals surface area contributed by atoms with Crippen molar-refractivity contribution in [3.05, 3.63) is 59.7 Å². The van der Waals surface area contributed by atoms with Crippen LogP contribution < -0.4 is 10.2 Å². The second-order valence-corrected chi connectivity index (χ2v) is 6.50.